The van der Waals surface area contributed by atoms with E-state index in [-0.39, 0.29) is 0 Å². The first-order valence-electron chi connectivity index (χ1n) is 16.5. The number of nitrogens with zero attached hydrogens (tertiary/aromatic N) is 3. The second-order valence-electron chi connectivity index (χ2n) is 12.4. The molecule has 0 radical (unpaired) electrons. The third-order valence-electron chi connectivity index (χ3n) is 9.60. The van der Waals surface area contributed by atoms with Gasteiger partial charge in [-0.15, -0.1) is 0 Å². The van der Waals surface area contributed by atoms with Gasteiger partial charge in [-0.05, 0) is 71.8 Å². The lowest BCUT2D eigenvalue weighted by Gasteiger charge is -2.26. The molecular weight excluding hydrogens is 599 g/mol. The van der Waals surface area contributed by atoms with E-state index in [0.717, 1.165) is 61.1 Å². The SMILES string of the molecule is c1ccc(-c2ccc(N(c3ccc4c5ccccc5n(-c5ccccc5)c4c3)c3cc4cccnc4c4c3oc3ccccc34)cc2)cc1. The second-order valence-corrected chi connectivity index (χ2v) is 12.4. The monoisotopic (exact) mass is 627 g/mol. The van der Waals surface area contributed by atoms with Crippen LogP contribution in [0.4, 0.5) is 17.1 Å². The van der Waals surface area contributed by atoms with Crippen LogP contribution < -0.4 is 4.90 Å². The number of hydrogen-bond donors (Lipinski definition) is 0. The molecule has 0 amide bonds. The number of pyridine rings is 1. The minimum Gasteiger partial charge on any atom is -0.454 e. The maximum absolute atomic E-state index is 6.75. The number of aromatic nitrogens is 2. The van der Waals surface area contributed by atoms with Crippen molar-refractivity contribution in [2.75, 3.05) is 4.90 Å². The average molecular weight is 628 g/mol. The molecule has 0 bridgehead atoms. The molecule has 3 heterocycles. The van der Waals surface area contributed by atoms with E-state index in [4.69, 9.17) is 9.40 Å². The molecule has 230 valence electrons. The molecule has 49 heavy (non-hydrogen) atoms. The first kappa shape index (κ1) is 27.5. The van der Waals surface area contributed by atoms with Gasteiger partial charge in [-0.25, -0.2) is 0 Å². The summed E-state index contributed by atoms with van der Waals surface area (Å²) in [4.78, 5) is 7.18. The molecule has 0 fully saturated rings. The summed E-state index contributed by atoms with van der Waals surface area (Å²) in [7, 11) is 0. The van der Waals surface area contributed by atoms with Gasteiger partial charge in [-0.1, -0.05) is 109 Å². The van der Waals surface area contributed by atoms with Gasteiger partial charge in [0.25, 0.3) is 0 Å². The van der Waals surface area contributed by atoms with E-state index < -0.39 is 0 Å². The molecular formula is C45H29N3O. The molecule has 0 atom stereocenters. The van der Waals surface area contributed by atoms with E-state index in [1.807, 2.05) is 24.4 Å². The average Bonchev–Trinajstić information content (AvgIpc) is 3.72. The predicted octanol–water partition coefficient (Wildman–Crippen LogP) is 12.4. The fourth-order valence-electron chi connectivity index (χ4n) is 7.40. The number of benzene rings is 7. The highest BCUT2D eigenvalue weighted by atomic mass is 16.3. The van der Waals surface area contributed by atoms with Crippen LogP contribution in [0.3, 0.4) is 0 Å². The van der Waals surface area contributed by atoms with Crippen molar-refractivity contribution in [2.45, 2.75) is 0 Å². The Hall–Kier alpha value is -6.65. The van der Waals surface area contributed by atoms with E-state index in [0.29, 0.717) is 0 Å². The molecule has 4 heteroatoms. The summed E-state index contributed by atoms with van der Waals surface area (Å²) in [5.41, 5.74) is 11.4. The zero-order valence-electron chi connectivity index (χ0n) is 26.5. The lowest BCUT2D eigenvalue weighted by molar-refractivity contribution is 0.669. The highest BCUT2D eigenvalue weighted by molar-refractivity contribution is 6.22. The van der Waals surface area contributed by atoms with Crippen LogP contribution in [-0.4, -0.2) is 9.55 Å². The Morgan fingerprint density at radius 2 is 1.18 bits per heavy atom. The fourth-order valence-corrected chi connectivity index (χ4v) is 7.40. The minimum atomic E-state index is 0.809. The van der Waals surface area contributed by atoms with Gasteiger partial charge in [0.1, 0.15) is 5.58 Å². The largest absolute Gasteiger partial charge is 0.454 e. The Bertz CT molecular complexity index is 2820. The van der Waals surface area contributed by atoms with Gasteiger partial charge in [0, 0.05) is 44.8 Å². The molecule has 10 aromatic rings. The summed E-state index contributed by atoms with van der Waals surface area (Å²) >= 11 is 0. The third kappa shape index (κ3) is 4.35. The summed E-state index contributed by atoms with van der Waals surface area (Å²) in [5.74, 6) is 0. The highest BCUT2D eigenvalue weighted by Crippen LogP contribution is 2.46. The lowest BCUT2D eigenvalue weighted by atomic mass is 10.0. The highest BCUT2D eigenvalue weighted by Gasteiger charge is 2.23. The van der Waals surface area contributed by atoms with Gasteiger partial charge in [0.05, 0.1) is 27.6 Å². The summed E-state index contributed by atoms with van der Waals surface area (Å²) in [6.07, 6.45) is 1.86. The fraction of sp³-hybridized carbons (Fsp3) is 0. The Labute approximate surface area is 282 Å². The van der Waals surface area contributed by atoms with Crippen molar-refractivity contribution in [1.82, 2.24) is 9.55 Å². The number of furan rings is 1. The van der Waals surface area contributed by atoms with Gasteiger partial charge >= 0.3 is 0 Å². The molecule has 0 spiro atoms. The minimum absolute atomic E-state index is 0.809. The van der Waals surface area contributed by atoms with Gasteiger partial charge in [0.15, 0.2) is 5.58 Å². The lowest BCUT2D eigenvalue weighted by Crippen LogP contribution is -2.10. The molecule has 0 unspecified atom stereocenters. The van der Waals surface area contributed by atoms with Gasteiger partial charge in [-0.2, -0.15) is 0 Å². The summed E-state index contributed by atoms with van der Waals surface area (Å²) < 4.78 is 9.12. The maximum Gasteiger partial charge on any atom is 0.161 e. The van der Waals surface area contributed by atoms with Crippen LogP contribution in [0.2, 0.25) is 0 Å². The van der Waals surface area contributed by atoms with Crippen LogP contribution in [-0.2, 0) is 0 Å². The van der Waals surface area contributed by atoms with E-state index in [1.54, 1.807) is 0 Å². The number of rotatable bonds is 5. The number of para-hydroxylation sites is 3. The van der Waals surface area contributed by atoms with Crippen molar-refractivity contribution in [3.05, 3.63) is 176 Å². The zero-order chi connectivity index (χ0) is 32.3. The Kier molecular flexibility index (Phi) is 6.15. The molecule has 0 aliphatic heterocycles. The van der Waals surface area contributed by atoms with Crippen molar-refractivity contribution >= 4 is 71.7 Å². The van der Waals surface area contributed by atoms with Crippen LogP contribution in [0.25, 0.3) is 71.5 Å². The van der Waals surface area contributed by atoms with Gasteiger partial charge < -0.3 is 13.9 Å². The summed E-state index contributed by atoms with van der Waals surface area (Å²) in [5, 5.41) is 5.57. The summed E-state index contributed by atoms with van der Waals surface area (Å²) in [6, 6.07) is 60.0. The normalized spacial score (nSPS) is 11.7. The van der Waals surface area contributed by atoms with Crippen LogP contribution in [0, 0.1) is 0 Å². The third-order valence-corrected chi connectivity index (χ3v) is 9.60. The van der Waals surface area contributed by atoms with Crippen LogP contribution in [0.1, 0.15) is 0 Å². The Balaban J connectivity index is 1.28. The smallest absolute Gasteiger partial charge is 0.161 e. The zero-order valence-corrected chi connectivity index (χ0v) is 26.5. The quantitative estimate of drug-likeness (QED) is 0.190. The first-order chi connectivity index (χ1) is 24.3. The molecule has 0 aliphatic rings. The molecule has 10 rings (SSSR count). The molecule has 0 saturated heterocycles. The second kappa shape index (κ2) is 11.0. The number of fused-ring (bicyclic) bond motifs is 8. The summed E-state index contributed by atoms with van der Waals surface area (Å²) in [6.45, 7) is 0. The topological polar surface area (TPSA) is 34.2 Å². The molecule has 0 N–H and O–H groups in total. The Morgan fingerprint density at radius 3 is 2.02 bits per heavy atom. The van der Waals surface area contributed by atoms with E-state index >= 15 is 0 Å². The molecule has 0 aliphatic carbocycles. The van der Waals surface area contributed by atoms with E-state index in [9.17, 15) is 0 Å². The van der Waals surface area contributed by atoms with Crippen LogP contribution >= 0.6 is 0 Å². The van der Waals surface area contributed by atoms with E-state index in [2.05, 4.69) is 161 Å². The molecule has 4 nitrogen and oxygen atoms in total. The van der Waals surface area contributed by atoms with Gasteiger partial charge in [-0.3, -0.25) is 4.98 Å². The van der Waals surface area contributed by atoms with Crippen LogP contribution in [0.5, 0.6) is 0 Å². The number of hydrogen-bond acceptors (Lipinski definition) is 3. The van der Waals surface area contributed by atoms with Crippen molar-refractivity contribution in [3.8, 4) is 16.8 Å². The maximum atomic E-state index is 6.75. The molecule has 3 aromatic heterocycles. The molecule has 0 saturated carbocycles. The van der Waals surface area contributed by atoms with Crippen LogP contribution in [0.15, 0.2) is 180 Å². The van der Waals surface area contributed by atoms with Crippen molar-refractivity contribution < 1.29 is 4.42 Å². The standard InChI is InChI=1S/C45H29N3O/c1-3-12-30(13-4-1)31-21-23-34(24-22-31)47(41-28-32-14-11-27-46-44(32)43-38-18-8-10-20-42(38)49-45(41)43)35-25-26-37-36-17-7-9-19-39(36)48(40(37)29-35)33-15-5-2-6-16-33/h1-29H. The van der Waals surface area contributed by atoms with Gasteiger partial charge in [0.2, 0.25) is 0 Å². The van der Waals surface area contributed by atoms with Crippen molar-refractivity contribution in [2.24, 2.45) is 0 Å². The molecule has 7 aromatic carbocycles. The van der Waals surface area contributed by atoms with Crippen molar-refractivity contribution in [1.29, 1.82) is 0 Å². The number of anilines is 3. The van der Waals surface area contributed by atoms with E-state index in [1.165, 1.54) is 27.4 Å². The Morgan fingerprint density at radius 1 is 0.510 bits per heavy atom. The predicted molar refractivity (Wildman–Crippen MR) is 203 cm³/mol. The first-order valence-corrected chi connectivity index (χ1v) is 16.5. The van der Waals surface area contributed by atoms with Crippen molar-refractivity contribution in [3.63, 3.8) is 0 Å².